The second-order valence-corrected chi connectivity index (χ2v) is 1.77. The van der Waals surface area contributed by atoms with Crippen molar-refractivity contribution in [3.63, 3.8) is 0 Å². The molecule has 1 rings (SSSR count). The van der Waals surface area contributed by atoms with Gasteiger partial charge in [0.15, 0.2) is 0 Å². The number of rotatable bonds is 0. The molecule has 0 bridgehead atoms. The van der Waals surface area contributed by atoms with E-state index < -0.39 is 0 Å². The van der Waals surface area contributed by atoms with Crippen LogP contribution in [-0.2, 0) is 0 Å². The molecular weight excluding hydrogens is 140 g/mol. The zero-order valence-corrected chi connectivity index (χ0v) is 5.18. The van der Waals surface area contributed by atoms with Crippen LogP contribution in [0.3, 0.4) is 0 Å². The Morgan fingerprint density at radius 3 is 2.56 bits per heavy atom. The first kappa shape index (κ1) is 6.10. The van der Waals surface area contributed by atoms with Gasteiger partial charge in [0, 0.05) is 0 Å². The van der Waals surface area contributed by atoms with E-state index in [4.69, 9.17) is 23.1 Å². The number of hydrogen-bond acceptors (Lipinski definition) is 4. The third-order valence-corrected chi connectivity index (χ3v) is 1.01. The molecule has 5 heteroatoms. The third kappa shape index (κ3) is 1.20. The Hall–Kier alpha value is -1.03. The van der Waals surface area contributed by atoms with Crippen molar-refractivity contribution in [2.24, 2.45) is 0 Å². The van der Waals surface area contributed by atoms with Gasteiger partial charge in [-0.05, 0) is 0 Å². The van der Waals surface area contributed by atoms with E-state index in [9.17, 15) is 0 Å². The summed E-state index contributed by atoms with van der Waals surface area (Å²) in [7, 11) is 0. The highest BCUT2D eigenvalue weighted by atomic mass is 35.5. The molecule has 0 aliphatic heterocycles. The van der Waals surface area contributed by atoms with E-state index in [0.29, 0.717) is 0 Å². The summed E-state index contributed by atoms with van der Waals surface area (Å²) in [4.78, 5) is 7.02. The molecule has 1 aromatic rings. The van der Waals surface area contributed by atoms with Crippen molar-refractivity contribution in [1.29, 1.82) is 0 Å². The van der Waals surface area contributed by atoms with E-state index in [1.807, 2.05) is 0 Å². The number of aromatic nitrogens is 2. The molecule has 0 amide bonds. The second-order valence-electron chi connectivity index (χ2n) is 1.39. The number of anilines is 2. The van der Waals surface area contributed by atoms with Crippen LogP contribution in [0.15, 0.2) is 0 Å². The molecule has 0 fully saturated rings. The van der Waals surface area contributed by atoms with Crippen LogP contribution in [0, 0.1) is 6.20 Å². The zero-order chi connectivity index (χ0) is 6.85. The first-order valence-electron chi connectivity index (χ1n) is 2.16. The number of nitrogens with zero attached hydrogens (tertiary/aromatic N) is 2. The highest BCUT2D eigenvalue weighted by Gasteiger charge is 1.96. The van der Waals surface area contributed by atoms with Crippen molar-refractivity contribution in [3.8, 4) is 0 Å². The summed E-state index contributed by atoms with van der Waals surface area (Å²) in [5.41, 5.74) is 10.4. The van der Waals surface area contributed by atoms with Crippen LogP contribution in [0.25, 0.3) is 0 Å². The Labute approximate surface area is 56.9 Å². The molecule has 0 aromatic carbocycles. The minimum Gasteiger partial charge on any atom is -0.382 e. The quantitative estimate of drug-likeness (QED) is 0.540. The first-order valence-corrected chi connectivity index (χ1v) is 2.54. The normalized spacial score (nSPS) is 9.44. The first-order chi connectivity index (χ1) is 4.20. The van der Waals surface area contributed by atoms with Crippen molar-refractivity contribution in [1.82, 2.24) is 9.97 Å². The minimum absolute atomic E-state index is 0.0805. The monoisotopic (exact) mass is 143 g/mol. The van der Waals surface area contributed by atoms with E-state index >= 15 is 0 Å². The fourth-order valence-corrected chi connectivity index (χ4v) is 0.446. The lowest BCUT2D eigenvalue weighted by atomic mass is 10.6. The molecule has 47 valence electrons. The summed E-state index contributed by atoms with van der Waals surface area (Å²) in [6.45, 7) is 0. The average molecular weight is 144 g/mol. The lowest BCUT2D eigenvalue weighted by Crippen LogP contribution is -1.98. The largest absolute Gasteiger partial charge is 0.382 e. The molecular formula is C4H4ClN4. The molecule has 0 aliphatic rings. The lowest BCUT2D eigenvalue weighted by Gasteiger charge is -1.93. The van der Waals surface area contributed by atoms with Crippen molar-refractivity contribution in [3.05, 3.63) is 11.2 Å². The minimum atomic E-state index is 0.0805. The molecule has 0 aliphatic carbocycles. The van der Waals surface area contributed by atoms with Crippen LogP contribution in [0.2, 0.25) is 5.02 Å². The predicted octanol–water partition coefficient (Wildman–Crippen LogP) is 0.0946. The molecule has 9 heavy (non-hydrogen) atoms. The van der Waals surface area contributed by atoms with Gasteiger partial charge >= 0.3 is 0 Å². The Morgan fingerprint density at radius 2 is 2.11 bits per heavy atom. The van der Waals surface area contributed by atoms with Crippen LogP contribution in [0.4, 0.5) is 11.8 Å². The molecule has 1 radical (unpaired) electrons. The van der Waals surface area contributed by atoms with Gasteiger partial charge in [0.1, 0.15) is 17.0 Å². The van der Waals surface area contributed by atoms with Crippen LogP contribution < -0.4 is 11.5 Å². The number of nitrogens with two attached hydrogens (primary N) is 2. The van der Waals surface area contributed by atoms with E-state index in [0.717, 1.165) is 0 Å². The van der Waals surface area contributed by atoms with E-state index in [1.54, 1.807) is 0 Å². The summed E-state index contributed by atoms with van der Waals surface area (Å²) in [6, 6.07) is 0. The van der Waals surface area contributed by atoms with E-state index in [1.165, 1.54) is 0 Å². The highest BCUT2D eigenvalue weighted by Crippen LogP contribution is 2.12. The molecule has 1 aromatic heterocycles. The summed E-state index contributed by atoms with van der Waals surface area (Å²) in [6.07, 6.45) is 2.37. The fourth-order valence-electron chi connectivity index (χ4n) is 0.361. The number of halogens is 1. The zero-order valence-electron chi connectivity index (χ0n) is 4.43. The van der Waals surface area contributed by atoms with Gasteiger partial charge in [-0.3, -0.25) is 0 Å². The Balaban J connectivity index is 3.17. The molecule has 0 saturated carbocycles. The maximum Gasteiger partial charge on any atom is 0.222 e. The van der Waals surface area contributed by atoms with E-state index in [2.05, 4.69) is 16.2 Å². The number of hydrogen-bond donors (Lipinski definition) is 2. The van der Waals surface area contributed by atoms with Gasteiger partial charge in [-0.2, -0.15) is 4.98 Å². The average Bonchev–Trinajstić information content (AvgIpc) is 1.80. The molecule has 4 N–H and O–H groups in total. The Morgan fingerprint density at radius 1 is 1.44 bits per heavy atom. The van der Waals surface area contributed by atoms with Crippen LogP contribution in [-0.4, -0.2) is 9.97 Å². The molecule has 0 atom stereocenters. The van der Waals surface area contributed by atoms with Gasteiger partial charge < -0.3 is 11.5 Å². The van der Waals surface area contributed by atoms with Crippen molar-refractivity contribution in [2.75, 3.05) is 11.5 Å². The van der Waals surface area contributed by atoms with E-state index in [-0.39, 0.29) is 16.8 Å². The lowest BCUT2D eigenvalue weighted by molar-refractivity contribution is 1.19. The number of nitrogen functional groups attached to an aromatic ring is 2. The van der Waals surface area contributed by atoms with Gasteiger partial charge in [-0.1, -0.05) is 11.6 Å². The maximum atomic E-state index is 5.42. The predicted molar refractivity (Wildman–Crippen MR) is 34.7 cm³/mol. The van der Waals surface area contributed by atoms with Gasteiger partial charge in [0.25, 0.3) is 0 Å². The summed E-state index contributed by atoms with van der Waals surface area (Å²) >= 11 is 5.42. The summed E-state index contributed by atoms with van der Waals surface area (Å²) in [5, 5.41) is 0.198. The van der Waals surface area contributed by atoms with Crippen LogP contribution in [0.1, 0.15) is 0 Å². The van der Waals surface area contributed by atoms with Gasteiger partial charge in [-0.25, -0.2) is 4.98 Å². The molecule has 1 heterocycles. The topological polar surface area (TPSA) is 77.8 Å². The SMILES string of the molecule is Nc1n[c]c(Cl)c(N)n1. The summed E-state index contributed by atoms with van der Waals surface area (Å²) in [5.74, 6) is 0.237. The third-order valence-electron chi connectivity index (χ3n) is 0.728. The molecule has 0 spiro atoms. The van der Waals surface area contributed by atoms with Gasteiger partial charge in [-0.15, -0.1) is 0 Å². The van der Waals surface area contributed by atoms with Crippen molar-refractivity contribution < 1.29 is 0 Å². The molecule has 0 saturated heterocycles. The van der Waals surface area contributed by atoms with Crippen LogP contribution >= 0.6 is 11.6 Å². The Bertz CT molecular complexity index is 224. The smallest absolute Gasteiger partial charge is 0.222 e. The maximum absolute atomic E-state index is 5.42. The molecule has 0 unspecified atom stereocenters. The Kier molecular flexibility index (Phi) is 1.40. The van der Waals surface area contributed by atoms with Gasteiger partial charge in [0.2, 0.25) is 5.95 Å². The van der Waals surface area contributed by atoms with Crippen molar-refractivity contribution >= 4 is 23.4 Å². The molecule has 4 nitrogen and oxygen atoms in total. The van der Waals surface area contributed by atoms with Crippen molar-refractivity contribution in [2.45, 2.75) is 0 Å². The summed E-state index contributed by atoms with van der Waals surface area (Å²) < 4.78 is 0. The second kappa shape index (κ2) is 2.06. The fraction of sp³-hybridized carbons (Fsp3) is 0. The standard InChI is InChI=1S/C4H4ClN4/c5-2-1-8-4(7)9-3(2)6/h(H4,6,7,8,9). The highest BCUT2D eigenvalue weighted by molar-refractivity contribution is 6.32. The van der Waals surface area contributed by atoms with Gasteiger partial charge in [0.05, 0.1) is 0 Å². The van der Waals surface area contributed by atoms with Crippen LogP contribution in [0.5, 0.6) is 0 Å².